The van der Waals surface area contributed by atoms with E-state index in [1.807, 2.05) is 0 Å². The molecule has 3 rings (SSSR count). The van der Waals surface area contributed by atoms with Gasteiger partial charge < -0.3 is 50.9 Å². The first-order valence-electron chi connectivity index (χ1n) is 22.8. The molecule has 0 bridgehead atoms. The summed E-state index contributed by atoms with van der Waals surface area (Å²) in [6, 6.07) is 0. The van der Waals surface area contributed by atoms with E-state index < -0.39 is 78.6 Å². The highest BCUT2D eigenvalue weighted by atomic mass is 33.1. The number of nitrogens with one attached hydrogen (secondary N) is 2. The molecule has 1 saturated heterocycles. The van der Waals surface area contributed by atoms with Gasteiger partial charge in [0.05, 0.1) is 19.5 Å². The van der Waals surface area contributed by atoms with Gasteiger partial charge in [-0.2, -0.15) is 4.31 Å². The van der Waals surface area contributed by atoms with Crippen LogP contribution in [0.5, 0.6) is 0 Å². The zero-order valence-corrected chi connectivity index (χ0v) is 42.9. The second-order valence-corrected chi connectivity index (χ2v) is 24.0. The van der Waals surface area contributed by atoms with E-state index in [0.717, 1.165) is 28.7 Å². The second-order valence-electron chi connectivity index (χ2n) is 17.0. The fraction of sp³-hybridized carbons (Fsp3) is 0.821. The summed E-state index contributed by atoms with van der Waals surface area (Å²) in [6.45, 7) is 3.21. The van der Waals surface area contributed by atoms with Crippen molar-refractivity contribution < 1.29 is 75.7 Å². The highest BCUT2D eigenvalue weighted by Gasteiger charge is 2.50. The quantitative estimate of drug-likeness (QED) is 0.0211. The number of phosphoric ester groups is 3. The first kappa shape index (κ1) is 59.5. The number of ether oxygens (including phenoxy) is 1. The van der Waals surface area contributed by atoms with Gasteiger partial charge in [-0.15, -0.1) is 0 Å². The third kappa shape index (κ3) is 22.9. The zero-order chi connectivity index (χ0) is 49.5. The lowest BCUT2D eigenvalue weighted by atomic mass is 9.87. The number of hydrogen-bond donors (Lipinski definition) is 9. The molecule has 2 unspecified atom stereocenters. The molecule has 0 aliphatic carbocycles. The molecular weight excluding hydrogens is 980 g/mol. The molecule has 10 N–H and O–H groups in total. The van der Waals surface area contributed by atoms with Crippen LogP contribution in [-0.2, 0) is 45.9 Å². The van der Waals surface area contributed by atoms with Crippen LogP contribution in [0.3, 0.4) is 0 Å². The van der Waals surface area contributed by atoms with E-state index in [9.17, 15) is 53.1 Å². The predicted octanol–water partition coefficient (Wildman–Crippen LogP) is 6.05. The van der Waals surface area contributed by atoms with Gasteiger partial charge in [-0.3, -0.25) is 27.7 Å². The lowest BCUT2D eigenvalue weighted by Crippen LogP contribution is -2.46. The number of unbranched alkanes of at least 4 members (excludes halogenated alkanes) is 15. The van der Waals surface area contributed by atoms with Crippen molar-refractivity contribution in [2.45, 2.75) is 161 Å². The average Bonchev–Trinajstić information content (AvgIpc) is 3.82. The maximum atomic E-state index is 12.7. The summed E-state index contributed by atoms with van der Waals surface area (Å²) in [5, 5.41) is 26.8. The van der Waals surface area contributed by atoms with Crippen LogP contribution in [-0.4, -0.2) is 123 Å². The van der Waals surface area contributed by atoms with Crippen molar-refractivity contribution in [3.63, 3.8) is 0 Å². The van der Waals surface area contributed by atoms with Gasteiger partial charge in [0.1, 0.15) is 36.3 Å². The van der Waals surface area contributed by atoms with Gasteiger partial charge in [0.2, 0.25) is 11.8 Å². The van der Waals surface area contributed by atoms with Crippen LogP contribution >= 0.6 is 45.1 Å². The van der Waals surface area contributed by atoms with Gasteiger partial charge in [0, 0.05) is 36.4 Å². The van der Waals surface area contributed by atoms with Gasteiger partial charge in [-0.05, 0) is 6.42 Å². The van der Waals surface area contributed by atoms with E-state index in [-0.39, 0.29) is 35.9 Å². The van der Waals surface area contributed by atoms with Crippen molar-refractivity contribution in [1.29, 1.82) is 0 Å². The van der Waals surface area contributed by atoms with E-state index in [0.29, 0.717) is 6.54 Å². The topological polar surface area (TPSA) is 347 Å². The van der Waals surface area contributed by atoms with Crippen LogP contribution in [0.1, 0.15) is 136 Å². The third-order valence-corrected chi connectivity index (χ3v) is 16.3. The molecule has 1 aliphatic heterocycles. The third-order valence-electron chi connectivity index (χ3n) is 10.7. The van der Waals surface area contributed by atoms with Crippen LogP contribution in [0.2, 0.25) is 0 Å². The number of aromatic nitrogens is 4. The number of anilines is 1. The fourth-order valence-corrected chi connectivity index (χ4v) is 11.9. The standard InChI is InChI=1S/C39H72N7O16P3S2/c1-4-5-6-7-8-9-10-11-12-13-14-15-16-17-18-19-23-66-67-24-22-41-30(47)20-21-42-37(50)34(49)39(2,3)26-59-65(56,57)62-64(54,55)58-25-29-33(61-63(51,52)53)32(48)38(60-29)46-28-45-31-35(40)43-27-44-36(31)46/h27-29,32-34,38,48-49H,4-26H2,1-3H3,(H,41,47)(H,42,50)(H,54,55)(H,56,57)(H2,40,43,44)(H2,51,52,53)/t29-,32-,33-,34+,38-/m1/s1. The van der Waals surface area contributed by atoms with Crippen molar-refractivity contribution >= 4 is 73.9 Å². The maximum absolute atomic E-state index is 12.7. The fourth-order valence-electron chi connectivity index (χ4n) is 7.00. The molecule has 23 nitrogen and oxygen atoms in total. The maximum Gasteiger partial charge on any atom is 0.481 e. The summed E-state index contributed by atoms with van der Waals surface area (Å²) >= 11 is 0. The molecule has 67 heavy (non-hydrogen) atoms. The zero-order valence-electron chi connectivity index (χ0n) is 38.6. The monoisotopic (exact) mass is 1050 g/mol. The van der Waals surface area contributed by atoms with Crippen molar-refractivity contribution in [2.75, 3.05) is 43.5 Å². The lowest BCUT2D eigenvalue weighted by Gasteiger charge is -2.30. The molecule has 0 spiro atoms. The van der Waals surface area contributed by atoms with Gasteiger partial charge in [-0.25, -0.2) is 28.6 Å². The summed E-state index contributed by atoms with van der Waals surface area (Å²) in [5.74, 6) is 0.518. The van der Waals surface area contributed by atoms with Gasteiger partial charge in [0.25, 0.3) is 0 Å². The number of phosphoric acid groups is 3. The van der Waals surface area contributed by atoms with E-state index in [1.54, 1.807) is 21.6 Å². The largest absolute Gasteiger partial charge is 0.481 e. The molecule has 1 aliphatic rings. The molecule has 0 radical (unpaired) electrons. The molecule has 28 heteroatoms. The highest BCUT2D eigenvalue weighted by Crippen LogP contribution is 2.61. The number of aliphatic hydroxyl groups is 2. The van der Waals surface area contributed by atoms with Gasteiger partial charge in [0.15, 0.2) is 17.7 Å². The SMILES string of the molecule is CCCCCCCCCCCCCCCCCCSSCCNC(=O)CCNC(=O)[C@H](O)C(C)(C)COP(=O)(O)OP(=O)(O)OC[C@H]1O[C@@H](n2cnc3c(N)ncnc32)[C@H](O)[C@@H]1OP(=O)(O)O. The molecule has 386 valence electrons. The number of carbonyl (C=O) groups excluding carboxylic acids is 2. The summed E-state index contributed by atoms with van der Waals surface area (Å²) in [6.07, 6.45) is 14.7. The summed E-state index contributed by atoms with van der Waals surface area (Å²) < 4.78 is 62.5. The Hall–Kier alpha value is -1.76. The van der Waals surface area contributed by atoms with E-state index in [4.69, 9.17) is 19.5 Å². The number of amides is 2. The molecule has 1 fully saturated rings. The molecule has 7 atom stereocenters. The van der Waals surface area contributed by atoms with Crippen LogP contribution in [0, 0.1) is 5.41 Å². The number of nitrogen functional groups attached to an aromatic ring is 1. The van der Waals surface area contributed by atoms with Crippen molar-refractivity contribution in [3.8, 4) is 0 Å². The first-order valence-corrected chi connectivity index (χ1v) is 29.8. The Kier molecular flexibility index (Phi) is 26.8. The van der Waals surface area contributed by atoms with Crippen molar-refractivity contribution in [2.24, 2.45) is 5.41 Å². The summed E-state index contributed by atoms with van der Waals surface area (Å²) in [4.78, 5) is 76.2. The average molecular weight is 1050 g/mol. The number of carbonyl (C=O) groups is 2. The van der Waals surface area contributed by atoms with Crippen molar-refractivity contribution in [1.82, 2.24) is 30.2 Å². The summed E-state index contributed by atoms with van der Waals surface area (Å²) in [7, 11) is -12.9. The van der Waals surface area contributed by atoms with Crippen LogP contribution < -0.4 is 16.4 Å². The number of aliphatic hydroxyl groups excluding tert-OH is 2. The highest BCUT2D eigenvalue weighted by molar-refractivity contribution is 8.76. The van der Waals surface area contributed by atoms with Crippen LogP contribution in [0.4, 0.5) is 5.82 Å². The molecule has 2 amide bonds. The number of hydrogen-bond acceptors (Lipinski definition) is 18. The number of nitrogens with zero attached hydrogens (tertiary/aromatic N) is 4. The van der Waals surface area contributed by atoms with E-state index in [2.05, 4.69) is 41.3 Å². The van der Waals surface area contributed by atoms with Gasteiger partial charge in [-0.1, -0.05) is 139 Å². The smallest absolute Gasteiger partial charge is 0.386 e. The minimum Gasteiger partial charge on any atom is -0.386 e. The van der Waals surface area contributed by atoms with Gasteiger partial charge >= 0.3 is 23.5 Å². The Morgan fingerprint density at radius 1 is 0.836 bits per heavy atom. The van der Waals surface area contributed by atoms with Crippen LogP contribution in [0.15, 0.2) is 12.7 Å². The molecular formula is C39H72N7O16P3S2. The normalized spacial score (nSPS) is 20.1. The lowest BCUT2D eigenvalue weighted by molar-refractivity contribution is -0.137. The summed E-state index contributed by atoms with van der Waals surface area (Å²) in [5.41, 5.74) is 4.34. The van der Waals surface area contributed by atoms with Crippen molar-refractivity contribution in [3.05, 3.63) is 12.7 Å². The molecule has 2 aromatic rings. The Labute approximate surface area is 400 Å². The molecule has 0 saturated carbocycles. The number of rotatable bonds is 37. The minimum absolute atomic E-state index is 0.0320. The Morgan fingerprint density at radius 3 is 2.00 bits per heavy atom. The van der Waals surface area contributed by atoms with E-state index >= 15 is 0 Å². The molecule has 2 aromatic heterocycles. The molecule has 0 aromatic carbocycles. The Bertz CT molecular complexity index is 1940. The predicted molar refractivity (Wildman–Crippen MR) is 254 cm³/mol. The van der Waals surface area contributed by atoms with E-state index in [1.165, 1.54) is 117 Å². The number of imidazole rings is 1. The van der Waals surface area contributed by atoms with Crippen LogP contribution in [0.25, 0.3) is 11.2 Å². The number of fused-ring (bicyclic) bond motifs is 1. The number of nitrogens with two attached hydrogens (primary N) is 1. The Morgan fingerprint density at radius 2 is 1.40 bits per heavy atom. The Balaban J connectivity index is 1.26. The minimum atomic E-state index is -5.56. The second kappa shape index (κ2) is 30.2. The molecule has 3 heterocycles. The first-order chi connectivity index (χ1) is 31.7.